The van der Waals surface area contributed by atoms with Gasteiger partial charge in [0.1, 0.15) is 6.54 Å². The van der Waals surface area contributed by atoms with E-state index < -0.39 is 0 Å². The Bertz CT molecular complexity index is 469. The van der Waals surface area contributed by atoms with Crippen LogP contribution >= 0.6 is 0 Å². The molecule has 0 aliphatic heterocycles. The van der Waals surface area contributed by atoms with Crippen molar-refractivity contribution in [1.29, 1.82) is 5.26 Å². The van der Waals surface area contributed by atoms with Gasteiger partial charge in [0.2, 0.25) is 5.91 Å². The Balaban J connectivity index is 2.26. The first-order chi connectivity index (χ1) is 8.62. The smallest absolute Gasteiger partial charge is 0.234 e. The normalized spacial score (nSPS) is 16.1. The van der Waals surface area contributed by atoms with E-state index in [4.69, 9.17) is 5.26 Å². The van der Waals surface area contributed by atoms with Crippen LogP contribution in [0.2, 0.25) is 0 Å². The highest BCUT2D eigenvalue weighted by Gasteiger charge is 2.53. The Labute approximate surface area is 108 Å². The summed E-state index contributed by atoms with van der Waals surface area (Å²) in [6.07, 6.45) is 1.79. The predicted octanol–water partition coefficient (Wildman–Crippen LogP) is 2.48. The molecule has 1 aromatic rings. The lowest BCUT2D eigenvalue weighted by atomic mass is 9.94. The fourth-order valence-corrected chi connectivity index (χ4v) is 2.35. The van der Waals surface area contributed by atoms with Gasteiger partial charge in [0.05, 0.1) is 11.5 Å². The van der Waals surface area contributed by atoms with Crippen molar-refractivity contribution in [3.8, 4) is 6.07 Å². The van der Waals surface area contributed by atoms with Crippen LogP contribution in [-0.4, -0.2) is 23.4 Å². The minimum absolute atomic E-state index is 0.0679. The van der Waals surface area contributed by atoms with Crippen LogP contribution in [0.4, 0.5) is 0 Å². The second kappa shape index (κ2) is 4.81. The van der Waals surface area contributed by atoms with Crippen molar-refractivity contribution >= 4 is 5.91 Å². The first-order valence-corrected chi connectivity index (χ1v) is 6.35. The summed E-state index contributed by atoms with van der Waals surface area (Å²) in [5.74, 6) is 0.102. The summed E-state index contributed by atoms with van der Waals surface area (Å²) in [5.41, 5.74) is 0.723. The van der Waals surface area contributed by atoms with E-state index in [9.17, 15) is 4.79 Å². The highest BCUT2D eigenvalue weighted by Crippen LogP contribution is 2.49. The summed E-state index contributed by atoms with van der Waals surface area (Å²) >= 11 is 0. The van der Waals surface area contributed by atoms with Gasteiger partial charge in [0.25, 0.3) is 0 Å². The molecule has 1 aliphatic rings. The van der Waals surface area contributed by atoms with Crippen LogP contribution in [0.3, 0.4) is 0 Å². The average Bonchev–Trinajstić information content (AvgIpc) is 3.17. The van der Waals surface area contributed by atoms with Gasteiger partial charge < -0.3 is 4.90 Å². The third-order valence-corrected chi connectivity index (χ3v) is 3.61. The van der Waals surface area contributed by atoms with E-state index in [1.54, 1.807) is 4.90 Å². The molecule has 0 bridgehead atoms. The Morgan fingerprint density at radius 3 is 2.44 bits per heavy atom. The number of amides is 1. The Morgan fingerprint density at radius 2 is 2.00 bits per heavy atom. The van der Waals surface area contributed by atoms with Crippen LogP contribution in [0.1, 0.15) is 32.3 Å². The Kier molecular flexibility index (Phi) is 3.38. The first-order valence-electron chi connectivity index (χ1n) is 6.35. The summed E-state index contributed by atoms with van der Waals surface area (Å²) in [5, 5.41) is 8.85. The maximum atomic E-state index is 12.6. The summed E-state index contributed by atoms with van der Waals surface area (Å²) in [6, 6.07) is 12.1. The predicted molar refractivity (Wildman–Crippen MR) is 69.8 cm³/mol. The van der Waals surface area contributed by atoms with E-state index in [2.05, 4.69) is 6.07 Å². The van der Waals surface area contributed by atoms with E-state index in [0.717, 1.165) is 18.4 Å². The lowest BCUT2D eigenvalue weighted by Gasteiger charge is -2.28. The molecule has 94 valence electrons. The number of rotatable bonds is 4. The zero-order valence-corrected chi connectivity index (χ0v) is 10.9. The van der Waals surface area contributed by atoms with E-state index in [0.29, 0.717) is 0 Å². The summed E-state index contributed by atoms with van der Waals surface area (Å²) in [4.78, 5) is 14.3. The van der Waals surface area contributed by atoms with Crippen LogP contribution in [0, 0.1) is 11.3 Å². The van der Waals surface area contributed by atoms with E-state index in [-0.39, 0.29) is 23.9 Å². The molecule has 0 unspecified atom stereocenters. The SMILES string of the molecule is CC(C)N(CC#N)C(=O)C1(c2ccccc2)CC1. The molecule has 0 saturated heterocycles. The second-order valence-corrected chi connectivity index (χ2v) is 5.13. The van der Waals surface area contributed by atoms with E-state index in [1.807, 2.05) is 44.2 Å². The molecule has 0 radical (unpaired) electrons. The van der Waals surface area contributed by atoms with Gasteiger partial charge >= 0.3 is 0 Å². The van der Waals surface area contributed by atoms with Crippen molar-refractivity contribution in [2.24, 2.45) is 0 Å². The van der Waals surface area contributed by atoms with Gasteiger partial charge in [-0.2, -0.15) is 5.26 Å². The molecule has 18 heavy (non-hydrogen) atoms. The number of carbonyl (C=O) groups excluding carboxylic acids is 1. The Hall–Kier alpha value is -1.82. The minimum Gasteiger partial charge on any atom is -0.326 e. The van der Waals surface area contributed by atoms with Gasteiger partial charge in [0, 0.05) is 6.04 Å². The molecule has 0 spiro atoms. The molecule has 0 N–H and O–H groups in total. The maximum Gasteiger partial charge on any atom is 0.234 e. The third kappa shape index (κ3) is 2.11. The number of hydrogen-bond donors (Lipinski definition) is 0. The highest BCUT2D eigenvalue weighted by atomic mass is 16.2. The quantitative estimate of drug-likeness (QED) is 0.761. The van der Waals surface area contributed by atoms with Crippen LogP contribution < -0.4 is 0 Å². The first kappa shape index (κ1) is 12.6. The molecule has 1 aliphatic carbocycles. The molecule has 3 nitrogen and oxygen atoms in total. The standard InChI is InChI=1S/C15H18N2O/c1-12(2)17(11-10-16)14(18)15(8-9-15)13-6-4-3-5-7-13/h3-7,12H,8-9,11H2,1-2H3. The molecular formula is C15H18N2O. The summed E-state index contributed by atoms with van der Waals surface area (Å²) < 4.78 is 0. The maximum absolute atomic E-state index is 12.6. The van der Waals surface area contributed by atoms with Gasteiger partial charge in [-0.15, -0.1) is 0 Å². The lowest BCUT2D eigenvalue weighted by Crippen LogP contribution is -2.43. The van der Waals surface area contributed by atoms with Crippen molar-refractivity contribution in [2.75, 3.05) is 6.54 Å². The van der Waals surface area contributed by atoms with Crippen molar-refractivity contribution in [2.45, 2.75) is 38.1 Å². The molecule has 1 aromatic carbocycles. The number of hydrogen-bond acceptors (Lipinski definition) is 2. The second-order valence-electron chi connectivity index (χ2n) is 5.13. The number of nitriles is 1. The molecule has 1 saturated carbocycles. The zero-order chi connectivity index (χ0) is 13.2. The van der Waals surface area contributed by atoms with Gasteiger partial charge in [-0.05, 0) is 32.3 Å². The molecule has 1 fully saturated rings. The largest absolute Gasteiger partial charge is 0.326 e. The van der Waals surface area contributed by atoms with Crippen molar-refractivity contribution in [3.05, 3.63) is 35.9 Å². The van der Waals surface area contributed by atoms with Crippen LogP contribution in [-0.2, 0) is 10.2 Å². The molecule has 0 aromatic heterocycles. The number of nitrogens with zero attached hydrogens (tertiary/aromatic N) is 2. The van der Waals surface area contributed by atoms with Gasteiger partial charge in [-0.25, -0.2) is 0 Å². The zero-order valence-electron chi connectivity index (χ0n) is 10.9. The molecule has 3 heteroatoms. The fourth-order valence-electron chi connectivity index (χ4n) is 2.35. The molecular weight excluding hydrogens is 224 g/mol. The van der Waals surface area contributed by atoms with Crippen LogP contribution in [0.15, 0.2) is 30.3 Å². The molecule has 0 atom stereocenters. The monoisotopic (exact) mass is 242 g/mol. The minimum atomic E-state index is -0.359. The average molecular weight is 242 g/mol. The van der Waals surface area contributed by atoms with Crippen LogP contribution in [0.5, 0.6) is 0 Å². The summed E-state index contributed by atoms with van der Waals surface area (Å²) in [6.45, 7) is 4.08. The summed E-state index contributed by atoms with van der Waals surface area (Å²) in [7, 11) is 0. The topological polar surface area (TPSA) is 44.1 Å². The molecule has 0 heterocycles. The number of benzene rings is 1. The van der Waals surface area contributed by atoms with E-state index >= 15 is 0 Å². The van der Waals surface area contributed by atoms with Crippen molar-refractivity contribution in [1.82, 2.24) is 4.90 Å². The highest BCUT2D eigenvalue weighted by molar-refractivity contribution is 5.91. The fraction of sp³-hybridized carbons (Fsp3) is 0.467. The van der Waals surface area contributed by atoms with Gasteiger partial charge in [-0.1, -0.05) is 30.3 Å². The Morgan fingerprint density at radius 1 is 1.39 bits per heavy atom. The van der Waals surface area contributed by atoms with Gasteiger partial charge in [0.15, 0.2) is 0 Å². The van der Waals surface area contributed by atoms with E-state index in [1.165, 1.54) is 0 Å². The lowest BCUT2D eigenvalue weighted by molar-refractivity contribution is -0.135. The van der Waals surface area contributed by atoms with Crippen LogP contribution in [0.25, 0.3) is 0 Å². The molecule has 2 rings (SSSR count). The third-order valence-electron chi connectivity index (χ3n) is 3.61. The van der Waals surface area contributed by atoms with Crippen molar-refractivity contribution in [3.63, 3.8) is 0 Å². The number of carbonyl (C=O) groups is 1. The molecule has 1 amide bonds. The van der Waals surface area contributed by atoms with Gasteiger partial charge in [-0.3, -0.25) is 4.79 Å². The van der Waals surface area contributed by atoms with Crippen molar-refractivity contribution < 1.29 is 4.79 Å².